The molecule has 0 spiro atoms. The van der Waals surface area contributed by atoms with Gasteiger partial charge in [-0.15, -0.1) is 0 Å². The summed E-state index contributed by atoms with van der Waals surface area (Å²) in [7, 11) is 0. The first-order chi connectivity index (χ1) is 11.0. The maximum Gasteiger partial charge on any atom is 0.190 e. The van der Waals surface area contributed by atoms with E-state index in [0.29, 0.717) is 12.1 Å². The third kappa shape index (κ3) is 3.50. The van der Waals surface area contributed by atoms with E-state index in [1.807, 2.05) is 27.7 Å². The van der Waals surface area contributed by atoms with Crippen LogP contribution in [0.1, 0.15) is 55.4 Å². The lowest BCUT2D eigenvalue weighted by Crippen LogP contribution is -2.59. The van der Waals surface area contributed by atoms with Crippen LogP contribution >= 0.6 is 0 Å². The first kappa shape index (κ1) is 18.5. The Morgan fingerprint density at radius 1 is 0.750 bits per heavy atom. The fourth-order valence-corrected chi connectivity index (χ4v) is 4.07. The molecule has 24 heavy (non-hydrogen) atoms. The summed E-state index contributed by atoms with van der Waals surface area (Å²) in [6, 6.07) is 0.856. The predicted molar refractivity (Wildman–Crippen MR) is 89.5 cm³/mol. The van der Waals surface area contributed by atoms with Gasteiger partial charge in [-0.1, -0.05) is 0 Å². The van der Waals surface area contributed by atoms with Crippen LogP contribution in [0.2, 0.25) is 0 Å². The van der Waals surface area contributed by atoms with E-state index in [1.54, 1.807) is 0 Å². The number of fused-ring (bicyclic) bond motifs is 3. The molecule has 6 nitrogen and oxygen atoms in total. The van der Waals surface area contributed by atoms with Crippen LogP contribution < -0.4 is 0 Å². The van der Waals surface area contributed by atoms with Crippen molar-refractivity contribution in [1.29, 1.82) is 0 Å². The van der Waals surface area contributed by atoms with E-state index in [0.717, 1.165) is 6.54 Å². The molecule has 0 N–H and O–H groups in total. The molecule has 3 saturated heterocycles. The summed E-state index contributed by atoms with van der Waals surface area (Å²) < 4.78 is 30.7. The summed E-state index contributed by atoms with van der Waals surface area (Å²) in [6.07, 6.45) is -1.11. The Kier molecular flexibility index (Phi) is 4.78. The average Bonchev–Trinajstić information content (AvgIpc) is 2.89. The number of nitrogens with zero attached hydrogens (tertiary/aromatic N) is 1. The van der Waals surface area contributed by atoms with Crippen LogP contribution in [0.5, 0.6) is 0 Å². The Balaban J connectivity index is 1.82. The van der Waals surface area contributed by atoms with Gasteiger partial charge in [-0.2, -0.15) is 0 Å². The molecule has 3 aliphatic rings. The molecule has 0 radical (unpaired) electrons. The highest BCUT2D eigenvalue weighted by molar-refractivity contribution is 5.01. The highest BCUT2D eigenvalue weighted by Gasteiger charge is 2.60. The summed E-state index contributed by atoms with van der Waals surface area (Å²) in [4.78, 5) is 2.41. The van der Waals surface area contributed by atoms with Crippen LogP contribution in [-0.4, -0.2) is 65.8 Å². The van der Waals surface area contributed by atoms with Crippen molar-refractivity contribution in [3.8, 4) is 0 Å². The van der Waals surface area contributed by atoms with Gasteiger partial charge in [0, 0.05) is 18.6 Å². The van der Waals surface area contributed by atoms with Gasteiger partial charge in [0.15, 0.2) is 17.9 Å². The van der Waals surface area contributed by atoms with E-state index in [1.165, 1.54) is 0 Å². The number of hydrogen-bond donors (Lipinski definition) is 0. The SMILES string of the molecule is CC(C)N(CC1OC2OC(C)(C)OC2C2OC(C)(C)OC12)C(C)C. The van der Waals surface area contributed by atoms with Crippen molar-refractivity contribution in [3.05, 3.63) is 0 Å². The fraction of sp³-hybridized carbons (Fsp3) is 1.00. The van der Waals surface area contributed by atoms with Crippen LogP contribution in [0, 0.1) is 0 Å². The molecule has 5 unspecified atom stereocenters. The summed E-state index contributed by atoms with van der Waals surface area (Å²) in [6.45, 7) is 17.3. The minimum atomic E-state index is -0.666. The zero-order chi connectivity index (χ0) is 17.9. The van der Waals surface area contributed by atoms with E-state index in [-0.39, 0.29) is 24.4 Å². The molecular weight excluding hydrogens is 310 g/mol. The first-order valence-corrected chi connectivity index (χ1v) is 9.11. The largest absolute Gasteiger partial charge is 0.342 e. The van der Waals surface area contributed by atoms with Gasteiger partial charge in [0.2, 0.25) is 0 Å². The smallest absolute Gasteiger partial charge is 0.190 e. The van der Waals surface area contributed by atoms with Crippen molar-refractivity contribution in [2.24, 2.45) is 0 Å². The zero-order valence-corrected chi connectivity index (χ0v) is 16.2. The molecule has 3 rings (SSSR count). The molecule has 0 aromatic rings. The minimum Gasteiger partial charge on any atom is -0.342 e. The summed E-state index contributed by atoms with van der Waals surface area (Å²) in [5.74, 6) is -1.30. The second-order valence-electron chi connectivity index (χ2n) is 8.59. The maximum absolute atomic E-state index is 6.29. The van der Waals surface area contributed by atoms with Crippen molar-refractivity contribution in [2.75, 3.05) is 6.54 Å². The van der Waals surface area contributed by atoms with Crippen LogP contribution in [-0.2, 0) is 23.7 Å². The van der Waals surface area contributed by atoms with Gasteiger partial charge in [-0.25, -0.2) is 0 Å². The van der Waals surface area contributed by atoms with Gasteiger partial charge in [0.1, 0.15) is 24.4 Å². The maximum atomic E-state index is 6.29. The number of ether oxygens (including phenoxy) is 5. The third-order valence-corrected chi connectivity index (χ3v) is 4.97. The lowest BCUT2D eigenvalue weighted by molar-refractivity contribution is -0.238. The number of hydrogen-bond acceptors (Lipinski definition) is 6. The van der Waals surface area contributed by atoms with Crippen molar-refractivity contribution < 1.29 is 23.7 Å². The lowest BCUT2D eigenvalue weighted by atomic mass is 9.98. The van der Waals surface area contributed by atoms with Gasteiger partial charge >= 0.3 is 0 Å². The number of rotatable bonds is 4. The van der Waals surface area contributed by atoms with Crippen molar-refractivity contribution in [3.63, 3.8) is 0 Å². The van der Waals surface area contributed by atoms with Gasteiger partial charge in [0.05, 0.1) is 0 Å². The van der Waals surface area contributed by atoms with Gasteiger partial charge in [-0.05, 0) is 55.4 Å². The predicted octanol–water partition coefficient (Wildman–Crippen LogP) is 2.50. The molecule has 0 aromatic carbocycles. The molecule has 5 atom stereocenters. The minimum absolute atomic E-state index is 0.111. The van der Waals surface area contributed by atoms with E-state index in [9.17, 15) is 0 Å². The van der Waals surface area contributed by atoms with Gasteiger partial charge < -0.3 is 23.7 Å². The average molecular weight is 343 g/mol. The van der Waals surface area contributed by atoms with Crippen molar-refractivity contribution >= 4 is 0 Å². The van der Waals surface area contributed by atoms with E-state index in [4.69, 9.17) is 23.7 Å². The Morgan fingerprint density at radius 3 is 1.83 bits per heavy atom. The molecule has 0 bridgehead atoms. The van der Waals surface area contributed by atoms with Gasteiger partial charge in [-0.3, -0.25) is 4.90 Å². The summed E-state index contributed by atoms with van der Waals surface area (Å²) in [5, 5.41) is 0. The molecule has 0 saturated carbocycles. The summed E-state index contributed by atoms with van der Waals surface area (Å²) in [5.41, 5.74) is 0. The second kappa shape index (κ2) is 6.18. The third-order valence-electron chi connectivity index (χ3n) is 4.97. The van der Waals surface area contributed by atoms with Crippen LogP contribution in [0.3, 0.4) is 0 Å². The molecule has 3 aliphatic heterocycles. The molecule has 0 aromatic heterocycles. The molecule has 140 valence electrons. The molecule has 0 amide bonds. The van der Waals surface area contributed by atoms with E-state index < -0.39 is 17.9 Å². The Morgan fingerprint density at radius 2 is 1.25 bits per heavy atom. The molecular formula is C18H33NO5. The fourth-order valence-electron chi connectivity index (χ4n) is 4.07. The van der Waals surface area contributed by atoms with Crippen LogP contribution in [0.4, 0.5) is 0 Å². The van der Waals surface area contributed by atoms with E-state index in [2.05, 4.69) is 32.6 Å². The van der Waals surface area contributed by atoms with Crippen LogP contribution in [0.25, 0.3) is 0 Å². The summed E-state index contributed by atoms with van der Waals surface area (Å²) >= 11 is 0. The van der Waals surface area contributed by atoms with Gasteiger partial charge in [0.25, 0.3) is 0 Å². The standard InChI is InChI=1S/C18H33NO5/c1-10(2)19(11(3)4)9-12-13-14(22-17(5,6)21-13)15-16(20-12)24-18(7,8)23-15/h10-16H,9H2,1-8H3. The van der Waals surface area contributed by atoms with E-state index >= 15 is 0 Å². The molecule has 6 heteroatoms. The van der Waals surface area contributed by atoms with Crippen molar-refractivity contribution in [1.82, 2.24) is 4.90 Å². The Labute approximate surface area is 145 Å². The zero-order valence-electron chi connectivity index (χ0n) is 16.2. The highest BCUT2D eigenvalue weighted by Crippen LogP contribution is 2.44. The Hall–Kier alpha value is -0.240. The highest BCUT2D eigenvalue weighted by atomic mass is 16.9. The Bertz CT molecular complexity index is 456. The quantitative estimate of drug-likeness (QED) is 0.782. The second-order valence-corrected chi connectivity index (χ2v) is 8.59. The lowest BCUT2D eigenvalue weighted by Gasteiger charge is -2.41. The van der Waals surface area contributed by atoms with Crippen LogP contribution in [0.15, 0.2) is 0 Å². The molecule has 3 heterocycles. The normalized spacial score (nSPS) is 40.4. The monoisotopic (exact) mass is 343 g/mol. The molecule has 3 fully saturated rings. The topological polar surface area (TPSA) is 49.4 Å². The van der Waals surface area contributed by atoms with Crippen molar-refractivity contribution in [2.45, 2.75) is 110 Å². The molecule has 0 aliphatic carbocycles. The first-order valence-electron chi connectivity index (χ1n) is 9.11.